The zero-order chi connectivity index (χ0) is 10.7. The Morgan fingerprint density at radius 3 is 2.87 bits per heavy atom. The Morgan fingerprint density at radius 2 is 2.27 bits per heavy atom. The number of rotatable bonds is 4. The highest BCUT2D eigenvalue weighted by molar-refractivity contribution is 5.30. The first kappa shape index (κ1) is 10.5. The average Bonchev–Trinajstić information content (AvgIpc) is 2.23. The van der Waals surface area contributed by atoms with Crippen LogP contribution in [0, 0.1) is 0 Å². The predicted molar refractivity (Wildman–Crippen MR) is 61.2 cm³/mol. The fourth-order valence-electron chi connectivity index (χ4n) is 1.77. The molecular weight excluding hydrogens is 188 g/mol. The van der Waals surface area contributed by atoms with Gasteiger partial charge >= 0.3 is 0 Å². The summed E-state index contributed by atoms with van der Waals surface area (Å²) in [5.74, 6) is 0.924. The van der Waals surface area contributed by atoms with Crippen molar-refractivity contribution < 1.29 is 4.74 Å². The van der Waals surface area contributed by atoms with Crippen molar-refractivity contribution >= 4 is 0 Å². The van der Waals surface area contributed by atoms with Gasteiger partial charge < -0.3 is 15.4 Å². The molecule has 1 heterocycles. The quantitative estimate of drug-likeness (QED) is 0.779. The van der Waals surface area contributed by atoms with Crippen molar-refractivity contribution in [2.75, 3.05) is 20.2 Å². The molecule has 1 aromatic carbocycles. The molecule has 3 nitrogen and oxygen atoms in total. The molecule has 1 aromatic rings. The summed E-state index contributed by atoms with van der Waals surface area (Å²) in [6, 6.07) is 9.22. The third kappa shape index (κ3) is 2.49. The zero-order valence-corrected chi connectivity index (χ0v) is 9.29. The molecule has 1 atom stereocenters. The van der Waals surface area contributed by atoms with Crippen LogP contribution in [0.1, 0.15) is 18.5 Å². The van der Waals surface area contributed by atoms with Gasteiger partial charge in [-0.2, -0.15) is 0 Å². The molecule has 82 valence electrons. The van der Waals surface area contributed by atoms with Crippen molar-refractivity contribution in [2.45, 2.75) is 19.0 Å². The van der Waals surface area contributed by atoms with Crippen molar-refractivity contribution in [3.05, 3.63) is 29.8 Å². The molecule has 1 aliphatic heterocycles. The first-order valence-electron chi connectivity index (χ1n) is 5.40. The Bertz CT molecular complexity index is 323. The van der Waals surface area contributed by atoms with Crippen molar-refractivity contribution in [3.63, 3.8) is 0 Å². The van der Waals surface area contributed by atoms with Gasteiger partial charge in [0.1, 0.15) is 5.75 Å². The molecule has 2 N–H and O–H groups in total. The van der Waals surface area contributed by atoms with Gasteiger partial charge in [-0.1, -0.05) is 12.1 Å². The summed E-state index contributed by atoms with van der Waals surface area (Å²) >= 11 is 0. The second kappa shape index (κ2) is 4.64. The molecule has 0 unspecified atom stereocenters. The summed E-state index contributed by atoms with van der Waals surface area (Å²) in [5, 5.41) is 6.82. The lowest BCUT2D eigenvalue weighted by molar-refractivity contribution is 0.337. The third-order valence-corrected chi connectivity index (χ3v) is 2.86. The number of methoxy groups -OCH3 is 1. The van der Waals surface area contributed by atoms with Crippen LogP contribution in [0.25, 0.3) is 0 Å². The maximum Gasteiger partial charge on any atom is 0.119 e. The van der Waals surface area contributed by atoms with Crippen molar-refractivity contribution in [1.29, 1.82) is 0 Å². The van der Waals surface area contributed by atoms with Crippen molar-refractivity contribution in [1.82, 2.24) is 10.6 Å². The first-order chi connectivity index (χ1) is 7.29. The zero-order valence-electron chi connectivity index (χ0n) is 9.29. The molecule has 0 amide bonds. The Labute approximate surface area is 90.8 Å². The Morgan fingerprint density at radius 1 is 1.47 bits per heavy atom. The van der Waals surface area contributed by atoms with E-state index in [0.29, 0.717) is 12.1 Å². The van der Waals surface area contributed by atoms with Crippen LogP contribution in [0.5, 0.6) is 5.75 Å². The molecule has 3 heteroatoms. The monoisotopic (exact) mass is 206 g/mol. The average molecular weight is 206 g/mol. The van der Waals surface area contributed by atoms with Crippen molar-refractivity contribution in [3.8, 4) is 5.75 Å². The molecule has 0 saturated carbocycles. The highest BCUT2D eigenvalue weighted by Crippen LogP contribution is 2.19. The van der Waals surface area contributed by atoms with E-state index in [-0.39, 0.29) is 0 Å². The first-order valence-corrected chi connectivity index (χ1v) is 5.40. The Balaban J connectivity index is 1.99. The van der Waals surface area contributed by atoms with Gasteiger partial charge in [-0.05, 0) is 24.6 Å². The molecule has 0 spiro atoms. The second-order valence-corrected chi connectivity index (χ2v) is 4.02. The number of hydrogen-bond donors (Lipinski definition) is 2. The molecule has 2 rings (SSSR count). The summed E-state index contributed by atoms with van der Waals surface area (Å²) in [7, 11) is 1.70. The lowest BCUT2D eigenvalue weighted by atomic mass is 10.1. The SMILES string of the molecule is COc1cccc([C@@H](C)NC2CNC2)c1. The van der Waals surface area contributed by atoms with Gasteiger partial charge in [0.05, 0.1) is 7.11 Å². The van der Waals surface area contributed by atoms with Crippen LogP contribution in [0.3, 0.4) is 0 Å². The molecule has 15 heavy (non-hydrogen) atoms. The fourth-order valence-corrected chi connectivity index (χ4v) is 1.77. The molecule has 0 bridgehead atoms. The minimum Gasteiger partial charge on any atom is -0.497 e. The minimum atomic E-state index is 0.382. The van der Waals surface area contributed by atoms with E-state index in [2.05, 4.69) is 29.7 Å². The topological polar surface area (TPSA) is 33.3 Å². The van der Waals surface area contributed by atoms with Crippen LogP contribution >= 0.6 is 0 Å². The molecule has 0 radical (unpaired) electrons. The Kier molecular flexibility index (Phi) is 3.23. The number of ether oxygens (including phenoxy) is 1. The highest BCUT2D eigenvalue weighted by atomic mass is 16.5. The Hall–Kier alpha value is -1.06. The van der Waals surface area contributed by atoms with Gasteiger partial charge in [0.2, 0.25) is 0 Å². The lowest BCUT2D eigenvalue weighted by Gasteiger charge is -2.31. The van der Waals surface area contributed by atoms with E-state index in [1.807, 2.05) is 12.1 Å². The maximum atomic E-state index is 5.21. The highest BCUT2D eigenvalue weighted by Gasteiger charge is 2.18. The molecule has 1 saturated heterocycles. The van der Waals surface area contributed by atoms with E-state index >= 15 is 0 Å². The van der Waals surface area contributed by atoms with E-state index in [1.165, 1.54) is 5.56 Å². The van der Waals surface area contributed by atoms with Crippen LogP contribution in [-0.2, 0) is 0 Å². The van der Waals surface area contributed by atoms with Crippen molar-refractivity contribution in [2.24, 2.45) is 0 Å². The van der Waals surface area contributed by atoms with Crippen LogP contribution in [0.2, 0.25) is 0 Å². The largest absolute Gasteiger partial charge is 0.497 e. The van der Waals surface area contributed by atoms with Crippen LogP contribution in [0.15, 0.2) is 24.3 Å². The number of hydrogen-bond acceptors (Lipinski definition) is 3. The van der Waals surface area contributed by atoms with E-state index in [4.69, 9.17) is 4.74 Å². The van der Waals surface area contributed by atoms with Crippen LogP contribution in [0.4, 0.5) is 0 Å². The van der Waals surface area contributed by atoms with E-state index in [0.717, 1.165) is 18.8 Å². The molecular formula is C12H18N2O. The van der Waals surface area contributed by atoms with E-state index in [9.17, 15) is 0 Å². The van der Waals surface area contributed by atoms with Gasteiger partial charge in [-0.25, -0.2) is 0 Å². The summed E-state index contributed by atoms with van der Waals surface area (Å²) in [4.78, 5) is 0. The van der Waals surface area contributed by atoms with Gasteiger partial charge in [-0.15, -0.1) is 0 Å². The fraction of sp³-hybridized carbons (Fsp3) is 0.500. The lowest BCUT2D eigenvalue weighted by Crippen LogP contribution is -2.55. The maximum absolute atomic E-state index is 5.21. The second-order valence-electron chi connectivity index (χ2n) is 4.02. The molecule has 1 aliphatic rings. The summed E-state index contributed by atoms with van der Waals surface area (Å²) in [5.41, 5.74) is 1.28. The standard InChI is InChI=1S/C12H18N2O/c1-9(14-11-7-13-8-11)10-4-3-5-12(6-10)15-2/h3-6,9,11,13-14H,7-8H2,1-2H3/t9-/m1/s1. The third-order valence-electron chi connectivity index (χ3n) is 2.86. The minimum absolute atomic E-state index is 0.382. The van der Waals surface area contributed by atoms with Gasteiger partial charge in [0.25, 0.3) is 0 Å². The number of nitrogens with one attached hydrogen (secondary N) is 2. The van der Waals surface area contributed by atoms with E-state index in [1.54, 1.807) is 7.11 Å². The van der Waals surface area contributed by atoms with E-state index < -0.39 is 0 Å². The number of benzene rings is 1. The van der Waals surface area contributed by atoms with Gasteiger partial charge in [0.15, 0.2) is 0 Å². The summed E-state index contributed by atoms with van der Waals surface area (Å²) in [6.07, 6.45) is 0. The smallest absolute Gasteiger partial charge is 0.119 e. The van der Waals surface area contributed by atoms with Gasteiger partial charge in [0, 0.05) is 25.2 Å². The summed E-state index contributed by atoms with van der Waals surface area (Å²) < 4.78 is 5.21. The van der Waals surface area contributed by atoms with Crippen LogP contribution in [-0.4, -0.2) is 26.2 Å². The van der Waals surface area contributed by atoms with Gasteiger partial charge in [-0.3, -0.25) is 0 Å². The predicted octanol–water partition coefficient (Wildman–Crippen LogP) is 1.32. The normalized spacial score (nSPS) is 18.3. The molecule has 1 fully saturated rings. The summed E-state index contributed by atoms with van der Waals surface area (Å²) in [6.45, 7) is 4.34. The molecule has 0 aliphatic carbocycles. The molecule has 0 aromatic heterocycles. The van der Waals surface area contributed by atoms with Crippen LogP contribution < -0.4 is 15.4 Å².